The molecular weight excluding hydrogens is 198 g/mol. The van der Waals surface area contributed by atoms with Crippen LogP contribution in [0, 0.1) is 0 Å². The van der Waals surface area contributed by atoms with Crippen LogP contribution in [0.2, 0.25) is 0 Å². The Morgan fingerprint density at radius 1 is 1.67 bits per heavy atom. The van der Waals surface area contributed by atoms with Crippen molar-refractivity contribution in [2.45, 2.75) is 18.9 Å². The number of aliphatic carboxylic acids is 1. The van der Waals surface area contributed by atoms with Crippen molar-refractivity contribution < 1.29 is 19.7 Å². The normalized spacial score (nSPS) is 26.9. The second-order valence-corrected chi connectivity index (χ2v) is 3.85. The summed E-state index contributed by atoms with van der Waals surface area (Å²) in [7, 11) is 0. The lowest BCUT2D eigenvalue weighted by Gasteiger charge is -2.20. The molecular formula is C10H17NO4. The smallest absolute Gasteiger partial charge is 0.330 e. The van der Waals surface area contributed by atoms with Crippen LogP contribution in [0.25, 0.3) is 0 Å². The lowest BCUT2D eigenvalue weighted by Crippen LogP contribution is -2.41. The van der Waals surface area contributed by atoms with Crippen LogP contribution >= 0.6 is 0 Å². The van der Waals surface area contributed by atoms with Gasteiger partial charge < -0.3 is 20.3 Å². The van der Waals surface area contributed by atoms with Crippen LogP contribution in [0.4, 0.5) is 0 Å². The molecule has 1 fully saturated rings. The minimum Gasteiger partial charge on any atom is -0.478 e. The largest absolute Gasteiger partial charge is 0.478 e. The van der Waals surface area contributed by atoms with E-state index in [1.807, 2.05) is 0 Å². The molecule has 1 atom stereocenters. The Balaban J connectivity index is 2.21. The summed E-state index contributed by atoms with van der Waals surface area (Å²) in [6.07, 6.45) is 2.21. The van der Waals surface area contributed by atoms with Crippen molar-refractivity contribution in [1.82, 2.24) is 5.32 Å². The molecule has 0 aromatic rings. The third-order valence-corrected chi connectivity index (χ3v) is 2.43. The SMILES string of the molecule is CC(=CCNCC1(O)CCOC1)C(=O)O. The zero-order chi connectivity index (χ0) is 11.3. The van der Waals surface area contributed by atoms with Gasteiger partial charge in [0.15, 0.2) is 0 Å². The number of rotatable bonds is 5. The second kappa shape index (κ2) is 5.25. The van der Waals surface area contributed by atoms with Crippen LogP contribution in [0.1, 0.15) is 13.3 Å². The van der Waals surface area contributed by atoms with E-state index < -0.39 is 11.6 Å². The van der Waals surface area contributed by atoms with E-state index in [0.717, 1.165) is 0 Å². The fourth-order valence-corrected chi connectivity index (χ4v) is 1.35. The monoisotopic (exact) mass is 215 g/mol. The van der Waals surface area contributed by atoms with Gasteiger partial charge in [-0.3, -0.25) is 0 Å². The van der Waals surface area contributed by atoms with Gasteiger partial charge in [-0.1, -0.05) is 6.08 Å². The van der Waals surface area contributed by atoms with Crippen molar-refractivity contribution >= 4 is 5.97 Å². The zero-order valence-electron chi connectivity index (χ0n) is 8.82. The highest BCUT2D eigenvalue weighted by Crippen LogP contribution is 2.16. The highest BCUT2D eigenvalue weighted by atomic mass is 16.5. The molecule has 15 heavy (non-hydrogen) atoms. The number of hydrogen-bond donors (Lipinski definition) is 3. The van der Waals surface area contributed by atoms with Gasteiger partial charge in [-0.15, -0.1) is 0 Å². The molecule has 1 aliphatic heterocycles. The molecule has 1 heterocycles. The van der Waals surface area contributed by atoms with Crippen molar-refractivity contribution in [2.75, 3.05) is 26.3 Å². The summed E-state index contributed by atoms with van der Waals surface area (Å²) in [6, 6.07) is 0. The maximum absolute atomic E-state index is 10.4. The number of nitrogens with one attached hydrogen (secondary N) is 1. The van der Waals surface area contributed by atoms with Gasteiger partial charge in [0.1, 0.15) is 5.60 Å². The van der Waals surface area contributed by atoms with E-state index in [1.54, 1.807) is 6.08 Å². The van der Waals surface area contributed by atoms with Crippen molar-refractivity contribution in [3.63, 3.8) is 0 Å². The number of carbonyl (C=O) groups is 1. The van der Waals surface area contributed by atoms with E-state index in [1.165, 1.54) is 6.92 Å². The maximum atomic E-state index is 10.4. The molecule has 0 spiro atoms. The highest BCUT2D eigenvalue weighted by Gasteiger charge is 2.31. The molecule has 1 rings (SSSR count). The molecule has 0 radical (unpaired) electrons. The summed E-state index contributed by atoms with van der Waals surface area (Å²) in [5.74, 6) is -0.917. The predicted molar refractivity (Wildman–Crippen MR) is 54.6 cm³/mol. The fraction of sp³-hybridized carbons (Fsp3) is 0.700. The predicted octanol–water partition coefficient (Wildman–Crippen LogP) is -0.242. The highest BCUT2D eigenvalue weighted by molar-refractivity contribution is 5.85. The molecule has 0 amide bonds. The maximum Gasteiger partial charge on any atom is 0.330 e. The van der Waals surface area contributed by atoms with E-state index in [2.05, 4.69) is 5.32 Å². The van der Waals surface area contributed by atoms with Crippen LogP contribution < -0.4 is 5.32 Å². The zero-order valence-corrected chi connectivity index (χ0v) is 8.82. The molecule has 1 aliphatic rings. The van der Waals surface area contributed by atoms with Gasteiger partial charge >= 0.3 is 5.97 Å². The van der Waals surface area contributed by atoms with Gasteiger partial charge in [-0.25, -0.2) is 4.79 Å². The van der Waals surface area contributed by atoms with Crippen LogP contribution in [0.3, 0.4) is 0 Å². The lowest BCUT2D eigenvalue weighted by atomic mass is 10.0. The molecule has 0 aromatic carbocycles. The third kappa shape index (κ3) is 3.99. The Bertz CT molecular complexity index is 256. The van der Waals surface area contributed by atoms with Gasteiger partial charge in [0.25, 0.3) is 0 Å². The van der Waals surface area contributed by atoms with Crippen LogP contribution in [0.5, 0.6) is 0 Å². The van der Waals surface area contributed by atoms with Gasteiger partial charge in [-0.2, -0.15) is 0 Å². The molecule has 0 bridgehead atoms. The molecule has 0 aromatic heterocycles. The quantitative estimate of drug-likeness (QED) is 0.435. The van der Waals surface area contributed by atoms with E-state index in [9.17, 15) is 9.90 Å². The fourth-order valence-electron chi connectivity index (χ4n) is 1.35. The molecule has 86 valence electrons. The second-order valence-electron chi connectivity index (χ2n) is 3.85. The Kier molecular flexibility index (Phi) is 4.26. The topological polar surface area (TPSA) is 78.8 Å². The van der Waals surface area contributed by atoms with Crippen molar-refractivity contribution in [2.24, 2.45) is 0 Å². The van der Waals surface area contributed by atoms with Crippen LogP contribution in [-0.2, 0) is 9.53 Å². The van der Waals surface area contributed by atoms with E-state index in [0.29, 0.717) is 38.3 Å². The van der Waals surface area contributed by atoms with Gasteiger partial charge in [-0.05, 0) is 6.92 Å². The van der Waals surface area contributed by atoms with Crippen LogP contribution in [-0.4, -0.2) is 48.1 Å². The first kappa shape index (κ1) is 12.2. The Hall–Kier alpha value is -0.910. The first-order valence-electron chi connectivity index (χ1n) is 4.94. The minimum atomic E-state index is -0.917. The van der Waals surface area contributed by atoms with E-state index >= 15 is 0 Å². The summed E-state index contributed by atoms with van der Waals surface area (Å²) in [5.41, 5.74) is -0.484. The summed E-state index contributed by atoms with van der Waals surface area (Å²) < 4.78 is 5.08. The van der Waals surface area contributed by atoms with Gasteiger partial charge in [0, 0.05) is 31.7 Å². The Morgan fingerprint density at radius 3 is 2.93 bits per heavy atom. The van der Waals surface area contributed by atoms with E-state index in [4.69, 9.17) is 9.84 Å². The van der Waals surface area contributed by atoms with Crippen molar-refractivity contribution in [3.05, 3.63) is 11.6 Å². The summed E-state index contributed by atoms with van der Waals surface area (Å²) >= 11 is 0. The first-order valence-corrected chi connectivity index (χ1v) is 4.94. The van der Waals surface area contributed by atoms with Crippen molar-refractivity contribution in [1.29, 1.82) is 0 Å². The molecule has 0 aliphatic carbocycles. The molecule has 5 heteroatoms. The third-order valence-electron chi connectivity index (χ3n) is 2.43. The number of ether oxygens (including phenoxy) is 1. The van der Waals surface area contributed by atoms with Gasteiger partial charge in [0.2, 0.25) is 0 Å². The lowest BCUT2D eigenvalue weighted by molar-refractivity contribution is -0.132. The summed E-state index contributed by atoms with van der Waals surface area (Å²) in [5, 5.41) is 21.4. The van der Waals surface area contributed by atoms with Gasteiger partial charge in [0.05, 0.1) is 6.61 Å². The number of carboxylic acids is 1. The van der Waals surface area contributed by atoms with E-state index in [-0.39, 0.29) is 0 Å². The summed E-state index contributed by atoms with van der Waals surface area (Å²) in [4.78, 5) is 10.4. The Morgan fingerprint density at radius 2 is 2.40 bits per heavy atom. The van der Waals surface area contributed by atoms with Crippen LogP contribution in [0.15, 0.2) is 11.6 Å². The molecule has 1 saturated heterocycles. The number of carboxylic acid groups (broad SMARTS) is 1. The average Bonchev–Trinajstić information content (AvgIpc) is 2.60. The standard InChI is InChI=1S/C10H17NO4/c1-8(9(12)13)2-4-11-6-10(14)3-5-15-7-10/h2,11,14H,3-7H2,1H3,(H,12,13). The molecule has 0 saturated carbocycles. The molecule has 1 unspecified atom stereocenters. The molecule has 5 nitrogen and oxygen atoms in total. The Labute approximate surface area is 88.7 Å². The molecule has 3 N–H and O–H groups in total. The average molecular weight is 215 g/mol. The first-order chi connectivity index (χ1) is 7.03. The number of aliphatic hydroxyl groups is 1. The number of hydrogen-bond acceptors (Lipinski definition) is 4. The summed E-state index contributed by atoms with van der Waals surface area (Å²) in [6.45, 7) is 3.35. The van der Waals surface area contributed by atoms with Crippen molar-refractivity contribution in [3.8, 4) is 0 Å². The minimum absolute atomic E-state index is 0.303.